The number of unbranched alkanes of at least 4 members (excludes halogenated alkanes) is 9. The van der Waals surface area contributed by atoms with E-state index in [1.807, 2.05) is 6.08 Å². The van der Waals surface area contributed by atoms with E-state index in [0.717, 1.165) is 19.4 Å². The van der Waals surface area contributed by atoms with Crippen LogP contribution in [0.15, 0.2) is 37.2 Å². The van der Waals surface area contributed by atoms with E-state index >= 15 is 0 Å². The Hall–Kier alpha value is -1.11. The molecule has 0 unspecified atom stereocenters. The van der Waals surface area contributed by atoms with Gasteiger partial charge in [-0.25, -0.2) is 4.57 Å². The molecule has 0 bridgehead atoms. The molecule has 1 rings (SSSR count). The number of nitrogens with zero attached hydrogens (tertiary/aromatic N) is 1. The van der Waals surface area contributed by atoms with E-state index in [0.29, 0.717) is 0 Å². The zero-order valence-corrected chi connectivity index (χ0v) is 14.7. The van der Waals surface area contributed by atoms with Crippen LogP contribution in [0, 0.1) is 0 Å². The molecule has 0 atom stereocenters. The number of aryl methyl sites for hydroxylation is 2. The first-order valence-corrected chi connectivity index (χ1v) is 9.45. The van der Waals surface area contributed by atoms with Crippen molar-refractivity contribution in [3.05, 3.63) is 42.7 Å². The third kappa shape index (κ3) is 9.76. The van der Waals surface area contributed by atoms with Gasteiger partial charge in [0, 0.05) is 18.6 Å². The summed E-state index contributed by atoms with van der Waals surface area (Å²) in [7, 11) is 0. The molecule has 124 valence electrons. The molecular formula is C21H36N+. The second-order valence-electron chi connectivity index (χ2n) is 6.45. The van der Waals surface area contributed by atoms with Crippen molar-refractivity contribution in [1.82, 2.24) is 0 Å². The van der Waals surface area contributed by atoms with Gasteiger partial charge in [-0.1, -0.05) is 64.4 Å². The van der Waals surface area contributed by atoms with Crippen LogP contribution >= 0.6 is 0 Å². The Morgan fingerprint density at radius 2 is 1.41 bits per heavy atom. The molecule has 0 amide bonds. The summed E-state index contributed by atoms with van der Waals surface area (Å²) in [6.45, 7) is 7.23. The number of hydrogen-bond acceptors (Lipinski definition) is 0. The molecular weight excluding hydrogens is 266 g/mol. The van der Waals surface area contributed by atoms with Gasteiger partial charge in [-0.2, -0.15) is 0 Å². The topological polar surface area (TPSA) is 3.88 Å². The average molecular weight is 303 g/mol. The molecule has 0 spiro atoms. The van der Waals surface area contributed by atoms with Gasteiger partial charge >= 0.3 is 0 Å². The van der Waals surface area contributed by atoms with Crippen molar-refractivity contribution < 1.29 is 4.57 Å². The van der Waals surface area contributed by atoms with Crippen LogP contribution in [-0.4, -0.2) is 0 Å². The summed E-state index contributed by atoms with van der Waals surface area (Å²) in [5.41, 5.74) is 1.42. The highest BCUT2D eigenvalue weighted by Crippen LogP contribution is 2.10. The normalized spacial score (nSPS) is 10.8. The van der Waals surface area contributed by atoms with Gasteiger partial charge in [-0.05, 0) is 24.8 Å². The van der Waals surface area contributed by atoms with Gasteiger partial charge in [0.25, 0.3) is 0 Å². The summed E-state index contributed by atoms with van der Waals surface area (Å²) in [4.78, 5) is 0. The number of aromatic nitrogens is 1. The summed E-state index contributed by atoms with van der Waals surface area (Å²) in [6, 6.07) is 4.50. The first-order chi connectivity index (χ1) is 10.9. The Bertz CT molecular complexity index is 366. The molecule has 1 aromatic rings. The van der Waals surface area contributed by atoms with Crippen LogP contribution in [0.4, 0.5) is 0 Å². The third-order valence-electron chi connectivity index (χ3n) is 4.37. The van der Waals surface area contributed by atoms with E-state index in [1.165, 1.54) is 69.8 Å². The average Bonchev–Trinajstić information content (AvgIpc) is 2.56. The van der Waals surface area contributed by atoms with E-state index in [-0.39, 0.29) is 0 Å². The first kappa shape index (κ1) is 18.9. The van der Waals surface area contributed by atoms with Crippen molar-refractivity contribution in [2.75, 3.05) is 0 Å². The number of hydrogen-bond donors (Lipinski definition) is 0. The van der Waals surface area contributed by atoms with Crippen molar-refractivity contribution >= 4 is 0 Å². The molecule has 0 aliphatic heterocycles. The lowest BCUT2D eigenvalue weighted by atomic mass is 10.1. The highest BCUT2D eigenvalue weighted by Gasteiger charge is 2.01. The number of allylic oxidation sites excluding steroid dienone is 1. The van der Waals surface area contributed by atoms with E-state index in [1.54, 1.807) is 0 Å². The predicted molar refractivity (Wildman–Crippen MR) is 97.0 cm³/mol. The Balaban J connectivity index is 1.97. The zero-order chi connectivity index (χ0) is 15.9. The highest BCUT2D eigenvalue weighted by atomic mass is 14.9. The maximum Gasteiger partial charge on any atom is 0.169 e. The SMILES string of the molecule is C=CCCc1cc[n+](CCCCCCCCCCCC)cc1. The number of pyridine rings is 1. The van der Waals surface area contributed by atoms with E-state index in [9.17, 15) is 0 Å². The van der Waals surface area contributed by atoms with Crippen LogP contribution in [0.3, 0.4) is 0 Å². The maximum absolute atomic E-state index is 3.78. The monoisotopic (exact) mass is 302 g/mol. The second kappa shape index (κ2) is 13.5. The first-order valence-electron chi connectivity index (χ1n) is 9.45. The summed E-state index contributed by atoms with van der Waals surface area (Å²) >= 11 is 0. The van der Waals surface area contributed by atoms with Crippen LogP contribution in [0.25, 0.3) is 0 Å². The van der Waals surface area contributed by atoms with Crippen molar-refractivity contribution in [3.63, 3.8) is 0 Å². The van der Waals surface area contributed by atoms with Crippen LogP contribution < -0.4 is 4.57 Å². The molecule has 0 fully saturated rings. The Kier molecular flexibility index (Phi) is 11.7. The van der Waals surface area contributed by atoms with Gasteiger partial charge in [-0.3, -0.25) is 0 Å². The van der Waals surface area contributed by atoms with Gasteiger partial charge in [0.15, 0.2) is 12.4 Å². The lowest BCUT2D eigenvalue weighted by molar-refractivity contribution is -0.697. The van der Waals surface area contributed by atoms with Gasteiger partial charge in [0.05, 0.1) is 0 Å². The van der Waals surface area contributed by atoms with Gasteiger partial charge < -0.3 is 0 Å². The molecule has 1 aromatic heterocycles. The predicted octanol–water partition coefficient (Wildman–Crippen LogP) is 6.01. The Morgan fingerprint density at radius 3 is 1.95 bits per heavy atom. The Labute approximate surface area is 138 Å². The molecule has 0 saturated heterocycles. The van der Waals surface area contributed by atoms with Crippen molar-refractivity contribution in [2.24, 2.45) is 0 Å². The van der Waals surface area contributed by atoms with E-state index in [2.05, 4.69) is 42.6 Å². The standard InChI is InChI=1S/C21H36N/c1-3-5-7-8-9-10-11-12-13-14-18-22-19-16-21(17-20-22)15-6-4-2/h4,16-17,19-20H,2-3,5-15,18H2,1H3/q+1. The second-order valence-corrected chi connectivity index (χ2v) is 6.45. The fourth-order valence-electron chi connectivity index (χ4n) is 2.85. The molecule has 0 aliphatic carbocycles. The lowest BCUT2D eigenvalue weighted by Crippen LogP contribution is -2.32. The molecule has 0 aliphatic rings. The maximum atomic E-state index is 3.78. The van der Waals surface area contributed by atoms with Gasteiger partial charge in [0.2, 0.25) is 0 Å². The third-order valence-corrected chi connectivity index (χ3v) is 4.37. The van der Waals surface area contributed by atoms with Gasteiger partial charge in [-0.15, -0.1) is 6.58 Å². The lowest BCUT2D eigenvalue weighted by Gasteiger charge is -2.02. The molecule has 1 heteroatoms. The van der Waals surface area contributed by atoms with Crippen molar-refractivity contribution in [2.45, 2.75) is 90.5 Å². The van der Waals surface area contributed by atoms with Crippen LogP contribution in [-0.2, 0) is 13.0 Å². The quantitative estimate of drug-likeness (QED) is 0.225. The fraction of sp³-hybridized carbons (Fsp3) is 0.667. The summed E-state index contributed by atoms with van der Waals surface area (Å²) in [5.74, 6) is 0. The smallest absolute Gasteiger partial charge is 0.169 e. The minimum atomic E-state index is 1.07. The van der Waals surface area contributed by atoms with Crippen LogP contribution in [0.2, 0.25) is 0 Å². The molecule has 1 nitrogen and oxygen atoms in total. The van der Waals surface area contributed by atoms with Gasteiger partial charge in [0.1, 0.15) is 6.54 Å². The molecule has 22 heavy (non-hydrogen) atoms. The molecule has 0 radical (unpaired) electrons. The Morgan fingerprint density at radius 1 is 0.864 bits per heavy atom. The number of rotatable bonds is 14. The van der Waals surface area contributed by atoms with Crippen molar-refractivity contribution in [3.8, 4) is 0 Å². The molecule has 0 aromatic carbocycles. The minimum Gasteiger partial charge on any atom is -0.205 e. The zero-order valence-electron chi connectivity index (χ0n) is 14.7. The van der Waals surface area contributed by atoms with Crippen LogP contribution in [0.1, 0.15) is 83.1 Å². The summed E-state index contributed by atoms with van der Waals surface area (Å²) < 4.78 is 2.32. The molecule has 0 saturated carbocycles. The summed E-state index contributed by atoms with van der Waals surface area (Å²) in [6.07, 6.45) is 22.7. The highest BCUT2D eigenvalue weighted by molar-refractivity contribution is 5.07. The molecule has 0 N–H and O–H groups in total. The van der Waals surface area contributed by atoms with E-state index in [4.69, 9.17) is 0 Å². The van der Waals surface area contributed by atoms with Crippen molar-refractivity contribution in [1.29, 1.82) is 0 Å². The minimum absolute atomic E-state index is 1.07. The molecule has 1 heterocycles. The van der Waals surface area contributed by atoms with Crippen LogP contribution in [0.5, 0.6) is 0 Å². The largest absolute Gasteiger partial charge is 0.205 e. The summed E-state index contributed by atoms with van der Waals surface area (Å²) in [5, 5.41) is 0. The fourth-order valence-corrected chi connectivity index (χ4v) is 2.85. The van der Waals surface area contributed by atoms with E-state index < -0.39 is 0 Å².